The average Bonchev–Trinajstić information content (AvgIpc) is 2.39. The van der Waals surface area contributed by atoms with Gasteiger partial charge in [-0.15, -0.1) is 0 Å². The summed E-state index contributed by atoms with van der Waals surface area (Å²) in [6.45, 7) is 0. The minimum absolute atomic E-state index is 0. The minimum atomic E-state index is -1.51. The Morgan fingerprint density at radius 2 is 1.40 bits per heavy atom. The maximum Gasteiger partial charge on any atom is 2.00 e. The Balaban J connectivity index is 0.000000810. The molecule has 0 aromatic rings. The van der Waals surface area contributed by atoms with E-state index in [1.165, 1.54) is 0 Å². The van der Waals surface area contributed by atoms with E-state index in [-0.39, 0.29) is 48.9 Å². The third-order valence-electron chi connectivity index (χ3n) is 0.956. The Labute approximate surface area is 96.4 Å². The zero-order valence-corrected chi connectivity index (χ0v) is 9.34. The second-order valence-corrected chi connectivity index (χ2v) is 1.62. The monoisotopic (exact) mass is 268 g/mol. The van der Waals surface area contributed by atoms with Crippen LogP contribution in [0.25, 0.3) is 0 Å². The van der Waals surface area contributed by atoms with Crippen LogP contribution >= 0.6 is 0 Å². The first-order chi connectivity index (χ1) is 4.13. The summed E-state index contributed by atoms with van der Waals surface area (Å²) >= 11 is 0. The quantitative estimate of drug-likeness (QED) is 0.374. The summed E-state index contributed by atoms with van der Waals surface area (Å²) in [6.07, 6.45) is -2.59. The van der Waals surface area contributed by atoms with Gasteiger partial charge in [0.05, 0.1) is 11.9 Å². The van der Waals surface area contributed by atoms with Gasteiger partial charge in [0.2, 0.25) is 0 Å². The Morgan fingerprint density at radius 1 is 1.10 bits per heavy atom. The molecule has 0 radical (unpaired) electrons. The van der Waals surface area contributed by atoms with Gasteiger partial charge in [-0.25, -0.2) is 0 Å². The van der Waals surface area contributed by atoms with Gasteiger partial charge in [0.15, 0.2) is 0 Å². The molecule has 1 rings (SSSR count). The second kappa shape index (κ2) is 3.75. The van der Waals surface area contributed by atoms with Crippen LogP contribution in [0.4, 0.5) is 0 Å². The summed E-state index contributed by atoms with van der Waals surface area (Å²) in [4.78, 5) is 19.5. The summed E-state index contributed by atoms with van der Waals surface area (Å²) < 4.78 is 4.12. The normalized spacial score (nSPS) is 28.4. The molecule has 0 aromatic carbocycles. The van der Waals surface area contributed by atoms with Crippen molar-refractivity contribution in [1.29, 1.82) is 0 Å². The molecule has 0 N–H and O–H groups in total. The average molecular weight is 267 g/mol. The fourth-order valence-electron chi connectivity index (χ4n) is 0.471. The second-order valence-electron chi connectivity index (χ2n) is 1.62. The largest absolute Gasteiger partial charge is 2.00 e. The minimum Gasteiger partial charge on any atom is -0.547 e. The number of hydrogen-bond donors (Lipinski definition) is 0. The summed E-state index contributed by atoms with van der Waals surface area (Å²) in [7, 11) is 0. The smallest absolute Gasteiger partial charge is 0.547 e. The van der Waals surface area contributed by atoms with Gasteiger partial charge in [0.25, 0.3) is 0 Å². The fourth-order valence-corrected chi connectivity index (χ4v) is 0.471. The van der Waals surface area contributed by atoms with Crippen LogP contribution in [0.3, 0.4) is 0 Å². The van der Waals surface area contributed by atoms with E-state index in [2.05, 4.69) is 4.74 Å². The van der Waals surface area contributed by atoms with E-state index in [0.29, 0.717) is 0 Å². The summed E-state index contributed by atoms with van der Waals surface area (Å²) in [5.74, 6) is -3.02. The molecular weight excluding hydrogens is 265 g/mol. The van der Waals surface area contributed by atoms with Crippen molar-refractivity contribution in [2.45, 2.75) is 12.2 Å². The van der Waals surface area contributed by atoms with E-state index in [1.807, 2.05) is 0 Å². The number of carbonyl (C=O) groups excluding carboxylic acids is 2. The molecule has 0 spiro atoms. The molecule has 6 heteroatoms. The van der Waals surface area contributed by atoms with Crippen molar-refractivity contribution < 1.29 is 24.5 Å². The Kier molecular flexibility index (Phi) is 3.92. The fraction of sp³-hybridized carbons (Fsp3) is 0.500. The van der Waals surface area contributed by atoms with Crippen LogP contribution in [0.5, 0.6) is 0 Å². The van der Waals surface area contributed by atoms with E-state index >= 15 is 0 Å². The first kappa shape index (κ1) is 10.5. The van der Waals surface area contributed by atoms with Crippen molar-refractivity contribution >= 4 is 60.8 Å². The SMILES string of the molecule is O=C([O-])[C@@H]1O[C@H]1C(=O)[O-].[Ba+2]. The Morgan fingerprint density at radius 3 is 1.50 bits per heavy atom. The molecule has 1 saturated heterocycles. The molecule has 0 unspecified atom stereocenters. The zero-order valence-electron chi connectivity index (χ0n) is 4.90. The summed E-state index contributed by atoms with van der Waals surface area (Å²) in [6, 6.07) is 0. The van der Waals surface area contributed by atoms with Gasteiger partial charge in [-0.3, -0.25) is 0 Å². The van der Waals surface area contributed by atoms with Crippen LogP contribution in [0.15, 0.2) is 0 Å². The topological polar surface area (TPSA) is 92.8 Å². The van der Waals surface area contributed by atoms with Crippen LogP contribution in [0, 0.1) is 0 Å². The van der Waals surface area contributed by atoms with Crippen molar-refractivity contribution in [2.75, 3.05) is 0 Å². The van der Waals surface area contributed by atoms with Crippen molar-refractivity contribution in [3.63, 3.8) is 0 Å². The maximum atomic E-state index is 9.75. The third-order valence-corrected chi connectivity index (χ3v) is 0.956. The van der Waals surface area contributed by atoms with Gasteiger partial charge < -0.3 is 24.5 Å². The number of hydrogen-bond acceptors (Lipinski definition) is 5. The predicted molar refractivity (Wildman–Crippen MR) is 24.4 cm³/mol. The van der Waals surface area contributed by atoms with Gasteiger partial charge >= 0.3 is 48.9 Å². The van der Waals surface area contributed by atoms with E-state index in [0.717, 1.165) is 0 Å². The van der Waals surface area contributed by atoms with Crippen LogP contribution in [0.1, 0.15) is 0 Å². The molecule has 1 aliphatic heterocycles. The molecule has 1 fully saturated rings. The molecular formula is C4H2BaO5. The molecule has 1 heterocycles. The maximum absolute atomic E-state index is 9.75. The Hall–Kier alpha value is 0.471. The van der Waals surface area contributed by atoms with Crippen LogP contribution in [-0.2, 0) is 14.3 Å². The number of carboxylic acids is 2. The molecule has 5 nitrogen and oxygen atoms in total. The van der Waals surface area contributed by atoms with Gasteiger partial charge in [-0.05, 0) is 0 Å². The van der Waals surface area contributed by atoms with Gasteiger partial charge in [0.1, 0.15) is 12.2 Å². The predicted octanol–water partition coefficient (Wildman–Crippen LogP) is -4.13. The standard InChI is InChI=1S/C4H4O5.Ba/c5-3(6)1-2(9-1)4(7)8;/h1-2H,(H,5,6)(H,7,8);/q;+2/p-2/t1-,2-;/m1./s1. The zero-order chi connectivity index (χ0) is 7.02. The van der Waals surface area contributed by atoms with Gasteiger partial charge in [-0.2, -0.15) is 0 Å². The summed E-state index contributed by atoms with van der Waals surface area (Å²) in [5.41, 5.74) is 0. The van der Waals surface area contributed by atoms with Crippen molar-refractivity contribution in [1.82, 2.24) is 0 Å². The number of rotatable bonds is 2. The van der Waals surface area contributed by atoms with Crippen LogP contribution in [-0.4, -0.2) is 73.0 Å². The number of ether oxygens (including phenoxy) is 1. The summed E-state index contributed by atoms with van der Waals surface area (Å²) in [5, 5.41) is 19.5. The van der Waals surface area contributed by atoms with Crippen molar-refractivity contribution in [2.24, 2.45) is 0 Å². The molecule has 1 aliphatic rings. The molecule has 50 valence electrons. The first-order valence-electron chi connectivity index (χ1n) is 2.20. The van der Waals surface area contributed by atoms with E-state index < -0.39 is 24.1 Å². The van der Waals surface area contributed by atoms with E-state index in [9.17, 15) is 19.8 Å². The number of aliphatic carboxylic acids is 2. The van der Waals surface area contributed by atoms with Crippen LogP contribution in [0.2, 0.25) is 0 Å². The molecule has 0 aromatic heterocycles. The van der Waals surface area contributed by atoms with Gasteiger partial charge in [-0.1, -0.05) is 0 Å². The molecule has 10 heavy (non-hydrogen) atoms. The Bertz CT molecular complexity index is 149. The van der Waals surface area contributed by atoms with Gasteiger partial charge in [0, 0.05) is 0 Å². The molecule has 2 atom stereocenters. The number of epoxide rings is 1. The third kappa shape index (κ3) is 2.26. The van der Waals surface area contributed by atoms with Crippen LogP contribution < -0.4 is 10.2 Å². The first-order valence-corrected chi connectivity index (χ1v) is 2.20. The number of carboxylic acid groups (broad SMARTS) is 2. The van der Waals surface area contributed by atoms with E-state index in [1.54, 1.807) is 0 Å². The molecule has 0 amide bonds. The van der Waals surface area contributed by atoms with E-state index in [4.69, 9.17) is 0 Å². The van der Waals surface area contributed by atoms with Crippen molar-refractivity contribution in [3.8, 4) is 0 Å². The molecule has 0 bridgehead atoms. The number of carbonyl (C=O) groups is 2. The molecule has 0 saturated carbocycles. The molecule has 0 aliphatic carbocycles. The van der Waals surface area contributed by atoms with Crippen molar-refractivity contribution in [3.05, 3.63) is 0 Å².